The molecule has 2 fully saturated rings. The van der Waals surface area contributed by atoms with Gasteiger partial charge in [-0.15, -0.1) is 0 Å². The Morgan fingerprint density at radius 2 is 1.53 bits per heavy atom. The number of hydrogen-bond donors (Lipinski definition) is 2. The molecule has 36 heavy (non-hydrogen) atoms. The highest BCUT2D eigenvalue weighted by atomic mass is 16.6. The van der Waals surface area contributed by atoms with Crippen molar-refractivity contribution in [1.82, 2.24) is 9.80 Å². The van der Waals surface area contributed by atoms with Crippen molar-refractivity contribution >= 4 is 18.0 Å². The van der Waals surface area contributed by atoms with Gasteiger partial charge in [-0.05, 0) is 17.5 Å². The van der Waals surface area contributed by atoms with E-state index in [1.807, 2.05) is 41.3 Å². The van der Waals surface area contributed by atoms with Gasteiger partial charge in [0.2, 0.25) is 0 Å². The first kappa shape index (κ1) is 26.9. The van der Waals surface area contributed by atoms with Gasteiger partial charge in [0, 0.05) is 38.2 Å². The van der Waals surface area contributed by atoms with Crippen molar-refractivity contribution in [1.29, 1.82) is 0 Å². The normalized spacial score (nSPS) is 18.8. The molecule has 0 saturated carbocycles. The minimum absolute atomic E-state index is 0.0392. The lowest BCUT2D eigenvalue weighted by Crippen LogP contribution is -2.39. The van der Waals surface area contributed by atoms with E-state index in [1.54, 1.807) is 0 Å². The summed E-state index contributed by atoms with van der Waals surface area (Å²) in [5.74, 6) is -2.51. The lowest BCUT2D eigenvalue weighted by atomic mass is 10.0. The molecule has 2 aromatic rings. The zero-order chi connectivity index (χ0) is 25.8. The number of aliphatic carboxylic acids is 2. The molecule has 2 atom stereocenters. The Morgan fingerprint density at radius 1 is 0.944 bits per heavy atom. The van der Waals surface area contributed by atoms with Crippen molar-refractivity contribution in [3.8, 4) is 0 Å². The molecule has 0 radical (unpaired) electrons. The topological polar surface area (TPSA) is 117 Å². The standard InChI is InChI=1S/C23H28N2O3.C4H4O4/c26-23-25(18-21(28-23)17-19-7-3-1-4-8-19)22(20-9-5-2-6-10-20)11-12-24-13-15-27-16-14-24;5-3(6)1-2-4(7)8/h1-10,21-22H,11-18H2;1-2H,(H,5,6)(H,7,8). The van der Waals surface area contributed by atoms with Gasteiger partial charge in [0.1, 0.15) is 6.10 Å². The molecule has 2 saturated heterocycles. The Labute approximate surface area is 210 Å². The van der Waals surface area contributed by atoms with Crippen molar-refractivity contribution in [3.05, 3.63) is 83.9 Å². The highest BCUT2D eigenvalue weighted by Crippen LogP contribution is 2.30. The van der Waals surface area contributed by atoms with E-state index in [2.05, 4.69) is 29.2 Å². The summed E-state index contributed by atoms with van der Waals surface area (Å²) in [6.07, 6.45) is 2.48. The lowest BCUT2D eigenvalue weighted by molar-refractivity contribution is -0.134. The molecule has 2 aliphatic rings. The van der Waals surface area contributed by atoms with E-state index in [-0.39, 0.29) is 18.2 Å². The highest BCUT2D eigenvalue weighted by molar-refractivity contribution is 5.89. The number of hydrogen-bond acceptors (Lipinski definition) is 6. The van der Waals surface area contributed by atoms with E-state index < -0.39 is 11.9 Å². The van der Waals surface area contributed by atoms with E-state index in [9.17, 15) is 14.4 Å². The van der Waals surface area contributed by atoms with Crippen LogP contribution < -0.4 is 0 Å². The molecular formula is C27H32N2O7. The second-order valence-electron chi connectivity index (χ2n) is 8.53. The molecule has 1 amide bonds. The zero-order valence-electron chi connectivity index (χ0n) is 20.1. The van der Waals surface area contributed by atoms with Crippen LogP contribution in [0.5, 0.6) is 0 Å². The molecule has 4 rings (SSSR count). The van der Waals surface area contributed by atoms with E-state index in [4.69, 9.17) is 19.7 Å². The fourth-order valence-electron chi connectivity index (χ4n) is 4.23. The van der Waals surface area contributed by atoms with Crippen molar-refractivity contribution in [2.24, 2.45) is 0 Å². The van der Waals surface area contributed by atoms with E-state index in [0.29, 0.717) is 18.7 Å². The number of amides is 1. The Hall–Kier alpha value is -3.69. The zero-order valence-corrected chi connectivity index (χ0v) is 20.1. The Bertz CT molecular complexity index is 991. The first-order valence-electron chi connectivity index (χ1n) is 11.9. The largest absolute Gasteiger partial charge is 0.478 e. The summed E-state index contributed by atoms with van der Waals surface area (Å²) in [6, 6.07) is 20.6. The smallest absolute Gasteiger partial charge is 0.410 e. The number of carboxylic acids is 2. The maximum atomic E-state index is 12.7. The van der Waals surface area contributed by atoms with Crippen LogP contribution in [-0.4, -0.2) is 83.5 Å². The van der Waals surface area contributed by atoms with Gasteiger partial charge in [0.25, 0.3) is 0 Å². The summed E-state index contributed by atoms with van der Waals surface area (Å²) in [6.45, 7) is 5.10. The lowest BCUT2D eigenvalue weighted by Gasteiger charge is -2.31. The first-order chi connectivity index (χ1) is 17.4. The first-order valence-corrected chi connectivity index (χ1v) is 11.9. The van der Waals surface area contributed by atoms with Gasteiger partial charge in [-0.25, -0.2) is 14.4 Å². The van der Waals surface area contributed by atoms with Crippen molar-refractivity contribution < 1.29 is 34.1 Å². The van der Waals surface area contributed by atoms with Crippen LogP contribution >= 0.6 is 0 Å². The Balaban J connectivity index is 0.000000392. The number of rotatable bonds is 9. The quantitative estimate of drug-likeness (QED) is 0.509. The molecule has 2 aliphatic heterocycles. The monoisotopic (exact) mass is 496 g/mol. The van der Waals surface area contributed by atoms with Gasteiger partial charge in [0.15, 0.2) is 0 Å². The fourth-order valence-corrected chi connectivity index (χ4v) is 4.23. The molecule has 2 N–H and O–H groups in total. The maximum Gasteiger partial charge on any atom is 0.410 e. The minimum atomic E-state index is -1.26. The number of carbonyl (C=O) groups excluding carboxylic acids is 1. The van der Waals surface area contributed by atoms with Crippen LogP contribution in [0.15, 0.2) is 72.8 Å². The predicted molar refractivity (Wildman–Crippen MR) is 133 cm³/mol. The number of ether oxygens (including phenoxy) is 2. The van der Waals surface area contributed by atoms with E-state index >= 15 is 0 Å². The van der Waals surface area contributed by atoms with E-state index in [1.165, 1.54) is 11.1 Å². The Morgan fingerprint density at radius 3 is 2.11 bits per heavy atom. The molecule has 0 spiro atoms. The van der Waals surface area contributed by atoms with Gasteiger partial charge in [0.05, 0.1) is 25.8 Å². The van der Waals surface area contributed by atoms with Crippen LogP contribution in [0, 0.1) is 0 Å². The summed E-state index contributed by atoms with van der Waals surface area (Å²) in [5, 5.41) is 15.6. The summed E-state index contributed by atoms with van der Waals surface area (Å²) in [7, 11) is 0. The third-order valence-electron chi connectivity index (χ3n) is 5.96. The van der Waals surface area contributed by atoms with Crippen LogP contribution in [0.3, 0.4) is 0 Å². The minimum Gasteiger partial charge on any atom is -0.478 e. The number of cyclic esters (lactones) is 1. The molecule has 0 aromatic heterocycles. The van der Waals surface area contributed by atoms with Crippen LogP contribution in [0.25, 0.3) is 0 Å². The number of carbonyl (C=O) groups is 3. The average Bonchev–Trinajstić information content (AvgIpc) is 3.24. The average molecular weight is 497 g/mol. The van der Waals surface area contributed by atoms with Gasteiger partial charge in [-0.2, -0.15) is 0 Å². The molecule has 9 heteroatoms. The number of benzene rings is 2. The summed E-state index contributed by atoms with van der Waals surface area (Å²) in [4.78, 5) is 36.2. The van der Waals surface area contributed by atoms with Crippen LogP contribution in [-0.2, 0) is 25.5 Å². The fraction of sp³-hybridized carbons (Fsp3) is 0.370. The molecule has 2 heterocycles. The molecule has 2 unspecified atom stereocenters. The molecule has 0 aliphatic carbocycles. The van der Waals surface area contributed by atoms with Gasteiger partial charge >= 0.3 is 18.0 Å². The van der Waals surface area contributed by atoms with Gasteiger partial charge in [-0.3, -0.25) is 9.80 Å². The Kier molecular flexibility index (Phi) is 10.5. The molecule has 0 bridgehead atoms. The third kappa shape index (κ3) is 8.83. The van der Waals surface area contributed by atoms with Crippen molar-refractivity contribution in [3.63, 3.8) is 0 Å². The molecular weight excluding hydrogens is 464 g/mol. The third-order valence-corrected chi connectivity index (χ3v) is 5.96. The van der Waals surface area contributed by atoms with Gasteiger partial charge in [-0.1, -0.05) is 60.7 Å². The van der Waals surface area contributed by atoms with Crippen LogP contribution in [0.4, 0.5) is 4.79 Å². The van der Waals surface area contributed by atoms with Crippen molar-refractivity contribution in [2.45, 2.75) is 25.0 Å². The number of morpholine rings is 1. The van der Waals surface area contributed by atoms with E-state index in [0.717, 1.165) is 45.7 Å². The summed E-state index contributed by atoms with van der Waals surface area (Å²) >= 11 is 0. The molecule has 9 nitrogen and oxygen atoms in total. The van der Waals surface area contributed by atoms with Crippen molar-refractivity contribution in [2.75, 3.05) is 39.4 Å². The molecule has 2 aromatic carbocycles. The summed E-state index contributed by atoms with van der Waals surface area (Å²) < 4.78 is 11.2. The number of nitrogens with zero attached hydrogens (tertiary/aromatic N) is 2. The predicted octanol–water partition coefficient (Wildman–Crippen LogP) is 3.23. The van der Waals surface area contributed by atoms with Crippen LogP contribution in [0.2, 0.25) is 0 Å². The maximum absolute atomic E-state index is 12.7. The second kappa shape index (κ2) is 14.0. The molecule has 192 valence electrons. The second-order valence-corrected chi connectivity index (χ2v) is 8.53. The van der Waals surface area contributed by atoms with Gasteiger partial charge < -0.3 is 19.7 Å². The number of carboxylic acid groups (broad SMARTS) is 2. The SMILES string of the molecule is O=C(O)C=CC(=O)O.O=C1OC(Cc2ccccc2)CN1C(CCN1CCOCC1)c1ccccc1. The van der Waals surface area contributed by atoms with Crippen LogP contribution in [0.1, 0.15) is 23.6 Å². The summed E-state index contributed by atoms with van der Waals surface area (Å²) in [5.41, 5.74) is 2.37. The highest BCUT2D eigenvalue weighted by Gasteiger charge is 2.36.